The van der Waals surface area contributed by atoms with E-state index in [-0.39, 0.29) is 11.8 Å². The molecule has 0 spiro atoms. The lowest BCUT2D eigenvalue weighted by Gasteiger charge is -2.31. The third kappa shape index (κ3) is 4.29. The van der Waals surface area contributed by atoms with Gasteiger partial charge in [-0.05, 0) is 11.1 Å². The normalized spacial score (nSPS) is 14.0. The predicted molar refractivity (Wildman–Crippen MR) is 121 cm³/mol. The van der Waals surface area contributed by atoms with Crippen LogP contribution in [0.2, 0.25) is 0 Å². The van der Waals surface area contributed by atoms with Gasteiger partial charge in [0.15, 0.2) is 11.8 Å². The number of rotatable bonds is 6. The molecule has 0 saturated heterocycles. The van der Waals surface area contributed by atoms with Crippen LogP contribution in [0.15, 0.2) is 60.7 Å². The van der Waals surface area contributed by atoms with Gasteiger partial charge in [-0.1, -0.05) is 60.7 Å². The van der Waals surface area contributed by atoms with Gasteiger partial charge in [-0.15, -0.1) is 0 Å². The molecule has 32 heavy (non-hydrogen) atoms. The van der Waals surface area contributed by atoms with Crippen molar-refractivity contribution >= 4 is 11.8 Å². The van der Waals surface area contributed by atoms with Gasteiger partial charge in [0.1, 0.15) is 0 Å². The molecular formula is C25H28N4O3. The van der Waals surface area contributed by atoms with Gasteiger partial charge in [0.25, 0.3) is 11.8 Å². The zero-order chi connectivity index (χ0) is 22.7. The second-order valence-electron chi connectivity index (χ2n) is 8.15. The zero-order valence-corrected chi connectivity index (χ0v) is 18.7. The molecule has 1 aliphatic rings. The number of methoxy groups -OCH3 is 1. The quantitative estimate of drug-likeness (QED) is 0.601. The molecule has 2 heterocycles. The summed E-state index contributed by atoms with van der Waals surface area (Å²) in [5.74, 6) is -0.267. The van der Waals surface area contributed by atoms with Gasteiger partial charge >= 0.3 is 0 Å². The number of carbonyl (C=O) groups excluding carboxylic acids is 2. The fraction of sp³-hybridized carbons (Fsp3) is 0.320. The van der Waals surface area contributed by atoms with Gasteiger partial charge < -0.3 is 14.5 Å². The second kappa shape index (κ2) is 9.36. The highest BCUT2D eigenvalue weighted by Crippen LogP contribution is 2.28. The van der Waals surface area contributed by atoms with Gasteiger partial charge in [0.05, 0.1) is 6.54 Å². The lowest BCUT2D eigenvalue weighted by atomic mass is 10.0. The van der Waals surface area contributed by atoms with E-state index in [0.29, 0.717) is 31.7 Å². The van der Waals surface area contributed by atoms with Crippen LogP contribution in [0.5, 0.6) is 0 Å². The lowest BCUT2D eigenvalue weighted by Crippen LogP contribution is -2.40. The Morgan fingerprint density at radius 2 is 1.72 bits per heavy atom. The van der Waals surface area contributed by atoms with E-state index >= 15 is 0 Å². The molecule has 1 aromatic heterocycles. The molecule has 3 aromatic rings. The summed E-state index contributed by atoms with van der Waals surface area (Å²) >= 11 is 0. The minimum Gasteiger partial charge on any atom is -0.367 e. The maximum atomic E-state index is 13.3. The number of carbonyl (C=O) groups is 2. The van der Waals surface area contributed by atoms with Crippen molar-refractivity contribution in [3.8, 4) is 0 Å². The van der Waals surface area contributed by atoms with Crippen LogP contribution >= 0.6 is 0 Å². The molecule has 7 nitrogen and oxygen atoms in total. The molecule has 166 valence electrons. The first-order valence-electron chi connectivity index (χ1n) is 10.7. The van der Waals surface area contributed by atoms with Crippen LogP contribution in [0.1, 0.15) is 39.0 Å². The monoisotopic (exact) mass is 432 g/mol. The van der Waals surface area contributed by atoms with Crippen molar-refractivity contribution in [1.29, 1.82) is 0 Å². The summed E-state index contributed by atoms with van der Waals surface area (Å²) in [7, 11) is 4.98. The van der Waals surface area contributed by atoms with Gasteiger partial charge in [0.2, 0.25) is 0 Å². The maximum Gasteiger partial charge on any atom is 0.274 e. The molecule has 2 amide bonds. The predicted octanol–water partition coefficient (Wildman–Crippen LogP) is 2.91. The van der Waals surface area contributed by atoms with Crippen LogP contribution in [-0.2, 0) is 29.0 Å². The number of aromatic nitrogens is 2. The highest BCUT2D eigenvalue weighted by Gasteiger charge is 2.33. The fourth-order valence-corrected chi connectivity index (χ4v) is 4.12. The Kier molecular flexibility index (Phi) is 6.37. The number of hydrogen-bond acceptors (Lipinski definition) is 4. The van der Waals surface area contributed by atoms with Crippen molar-refractivity contribution in [3.63, 3.8) is 0 Å². The standard InChI is InChI=1S/C25H28N4O3/c1-27(2)24(30)22-20-17-28(25(31)23(32-3)19-12-8-5-9-13-19)15-14-21(20)29(26-22)16-18-10-6-4-7-11-18/h4-13,23H,14-17H2,1-3H3. The second-order valence-corrected chi connectivity index (χ2v) is 8.15. The number of ether oxygens (including phenoxy) is 1. The molecule has 2 aromatic carbocycles. The molecule has 0 fully saturated rings. The Bertz CT molecular complexity index is 1090. The average molecular weight is 433 g/mol. The zero-order valence-electron chi connectivity index (χ0n) is 18.7. The van der Waals surface area contributed by atoms with Crippen molar-refractivity contribution in [1.82, 2.24) is 19.6 Å². The summed E-state index contributed by atoms with van der Waals surface area (Å²) in [5, 5.41) is 4.68. The number of benzene rings is 2. The number of nitrogens with zero attached hydrogens (tertiary/aromatic N) is 4. The maximum absolute atomic E-state index is 13.3. The Morgan fingerprint density at radius 3 is 2.34 bits per heavy atom. The van der Waals surface area contributed by atoms with Crippen molar-refractivity contribution in [2.45, 2.75) is 25.6 Å². The third-order valence-electron chi connectivity index (χ3n) is 5.79. The molecule has 0 radical (unpaired) electrons. The molecule has 1 aliphatic heterocycles. The SMILES string of the molecule is COC(C(=O)N1CCc2c(c(C(=O)N(C)C)nn2Cc2ccccc2)C1)c1ccccc1. The van der Waals surface area contributed by atoms with E-state index in [4.69, 9.17) is 4.74 Å². The van der Waals surface area contributed by atoms with Crippen LogP contribution in [0.4, 0.5) is 0 Å². The van der Waals surface area contributed by atoms with Crippen LogP contribution in [0.25, 0.3) is 0 Å². The van der Waals surface area contributed by atoms with Crippen LogP contribution < -0.4 is 0 Å². The van der Waals surface area contributed by atoms with Crippen molar-refractivity contribution in [2.75, 3.05) is 27.7 Å². The summed E-state index contributed by atoms with van der Waals surface area (Å²) < 4.78 is 7.46. The summed E-state index contributed by atoms with van der Waals surface area (Å²) in [5.41, 5.74) is 4.17. The van der Waals surface area contributed by atoms with Gasteiger partial charge in [-0.2, -0.15) is 5.10 Å². The fourth-order valence-electron chi connectivity index (χ4n) is 4.12. The molecular weight excluding hydrogens is 404 g/mol. The van der Waals surface area contributed by atoms with E-state index in [1.807, 2.05) is 65.3 Å². The molecule has 4 rings (SSSR count). The first kappa shape index (κ1) is 21.8. The van der Waals surface area contributed by atoms with Crippen molar-refractivity contribution in [2.24, 2.45) is 0 Å². The van der Waals surface area contributed by atoms with E-state index in [2.05, 4.69) is 5.10 Å². The Labute approximate surface area is 188 Å². The summed E-state index contributed by atoms with van der Waals surface area (Å²) in [6.07, 6.45) is -0.0440. The van der Waals surface area contributed by atoms with E-state index in [1.165, 1.54) is 4.90 Å². The highest BCUT2D eigenvalue weighted by molar-refractivity contribution is 5.94. The largest absolute Gasteiger partial charge is 0.367 e. The van der Waals surface area contributed by atoms with Gasteiger partial charge in [-0.25, -0.2) is 0 Å². The minimum atomic E-state index is -0.676. The van der Waals surface area contributed by atoms with E-state index < -0.39 is 6.10 Å². The van der Waals surface area contributed by atoms with Crippen molar-refractivity contribution in [3.05, 3.63) is 88.7 Å². The number of fused-ring (bicyclic) bond motifs is 1. The van der Waals surface area contributed by atoms with Crippen LogP contribution in [-0.4, -0.2) is 59.1 Å². The third-order valence-corrected chi connectivity index (χ3v) is 5.79. The average Bonchev–Trinajstić information content (AvgIpc) is 3.17. The Hall–Kier alpha value is -3.45. The smallest absolute Gasteiger partial charge is 0.274 e. The molecule has 0 N–H and O–H groups in total. The molecule has 0 bridgehead atoms. The Morgan fingerprint density at radius 1 is 1.06 bits per heavy atom. The van der Waals surface area contributed by atoms with E-state index in [1.54, 1.807) is 26.1 Å². The molecule has 7 heteroatoms. The van der Waals surface area contributed by atoms with E-state index in [0.717, 1.165) is 22.4 Å². The van der Waals surface area contributed by atoms with Gasteiger partial charge in [0, 0.05) is 52.0 Å². The summed E-state index contributed by atoms with van der Waals surface area (Å²) in [4.78, 5) is 29.5. The van der Waals surface area contributed by atoms with Crippen molar-refractivity contribution < 1.29 is 14.3 Å². The first-order chi connectivity index (χ1) is 15.5. The summed E-state index contributed by atoms with van der Waals surface area (Å²) in [6, 6.07) is 19.5. The van der Waals surface area contributed by atoms with Crippen LogP contribution in [0, 0.1) is 0 Å². The lowest BCUT2D eigenvalue weighted by molar-refractivity contribution is -0.143. The molecule has 1 unspecified atom stereocenters. The number of hydrogen-bond donors (Lipinski definition) is 0. The number of amides is 2. The molecule has 0 aliphatic carbocycles. The molecule has 1 atom stereocenters. The van der Waals surface area contributed by atoms with Gasteiger partial charge in [-0.3, -0.25) is 14.3 Å². The van der Waals surface area contributed by atoms with E-state index in [9.17, 15) is 9.59 Å². The topological polar surface area (TPSA) is 67.7 Å². The molecule has 0 saturated carbocycles. The minimum absolute atomic E-state index is 0.108. The Balaban J connectivity index is 1.65. The summed E-state index contributed by atoms with van der Waals surface area (Å²) in [6.45, 7) is 1.47. The highest BCUT2D eigenvalue weighted by atomic mass is 16.5. The first-order valence-corrected chi connectivity index (χ1v) is 10.7. The van der Waals surface area contributed by atoms with Crippen LogP contribution in [0.3, 0.4) is 0 Å².